The van der Waals surface area contributed by atoms with E-state index in [1.165, 1.54) is 4.57 Å². The predicted molar refractivity (Wildman–Crippen MR) is 257 cm³/mol. The highest BCUT2D eigenvalue weighted by Gasteiger charge is 2.45. The first-order valence-corrected chi connectivity index (χ1v) is 24.1. The van der Waals surface area contributed by atoms with Gasteiger partial charge in [-0.25, -0.2) is 14.4 Å². The zero-order chi connectivity index (χ0) is 47.8. The standard InChI is InChI=1S/C52H61N4O10P/c1-36(2)31-55(32-37(3)4)35-53-49-38(16-14-15-29-63-67(59)65-46-20-13-12-19-44(46)51(5,6)66-67)33-56(50(58)54-49)48-30-45(57)47(64-48)34-62-52(39-17-10-9-11-18-39,40-21-25-42(60-7)26-22-40)41-23-27-43(61-8)28-24-41/h9-13,17-28,33,35-37,45,47-48,57H,15,29-32,34H2,1-8H3. The van der Waals surface area contributed by atoms with Crippen molar-refractivity contribution >= 4 is 20.0 Å². The van der Waals surface area contributed by atoms with Gasteiger partial charge in [-0.1, -0.05) is 112 Å². The average molecular weight is 933 g/mol. The van der Waals surface area contributed by atoms with Gasteiger partial charge in [-0.2, -0.15) is 4.98 Å². The molecule has 0 bridgehead atoms. The second-order valence-electron chi connectivity index (χ2n) is 17.9. The van der Waals surface area contributed by atoms with Crippen molar-refractivity contribution in [2.75, 3.05) is 40.5 Å². The normalized spacial score (nSPS) is 20.0. The molecule has 1 N–H and O–H groups in total. The van der Waals surface area contributed by atoms with E-state index < -0.39 is 43.2 Å². The molecule has 0 radical (unpaired) electrons. The number of rotatable bonds is 18. The van der Waals surface area contributed by atoms with Gasteiger partial charge in [0.2, 0.25) is 0 Å². The summed E-state index contributed by atoms with van der Waals surface area (Å²) in [5.74, 6) is 8.84. The Hall–Kier alpha value is -5.78. The van der Waals surface area contributed by atoms with Crippen molar-refractivity contribution < 1.29 is 42.2 Å². The number of hydrogen-bond acceptors (Lipinski definition) is 12. The number of hydrogen-bond donors (Lipinski definition) is 1. The van der Waals surface area contributed by atoms with E-state index >= 15 is 0 Å². The maximum Gasteiger partial charge on any atom is 0.530 e. The molecule has 0 amide bonds. The van der Waals surface area contributed by atoms with Crippen LogP contribution in [0.1, 0.15) is 88.4 Å². The van der Waals surface area contributed by atoms with Crippen LogP contribution in [0.2, 0.25) is 0 Å². The fourth-order valence-electron chi connectivity index (χ4n) is 8.34. The second-order valence-corrected chi connectivity index (χ2v) is 19.4. The summed E-state index contributed by atoms with van der Waals surface area (Å²) in [4.78, 5) is 25.1. The Bertz CT molecular complexity index is 2580. The van der Waals surface area contributed by atoms with Gasteiger partial charge in [0.25, 0.3) is 0 Å². The van der Waals surface area contributed by atoms with Crippen LogP contribution in [0.5, 0.6) is 17.2 Å². The number of para-hydroxylation sites is 1. The highest BCUT2D eigenvalue weighted by atomic mass is 31.2. The molecule has 0 aliphatic carbocycles. The predicted octanol–water partition coefficient (Wildman–Crippen LogP) is 9.40. The van der Waals surface area contributed by atoms with Crippen LogP contribution in [-0.4, -0.2) is 78.6 Å². The van der Waals surface area contributed by atoms with Gasteiger partial charge in [0.1, 0.15) is 40.8 Å². The zero-order valence-corrected chi connectivity index (χ0v) is 40.4. The van der Waals surface area contributed by atoms with E-state index in [4.69, 9.17) is 32.5 Å². The topological polar surface area (TPSA) is 152 Å². The van der Waals surface area contributed by atoms with E-state index in [9.17, 15) is 14.5 Å². The van der Waals surface area contributed by atoms with Crippen LogP contribution in [0, 0.1) is 23.7 Å². The van der Waals surface area contributed by atoms with Crippen LogP contribution in [0.4, 0.5) is 5.82 Å². The molecule has 1 fully saturated rings. The number of phosphoric acid groups is 1. The van der Waals surface area contributed by atoms with E-state index in [0.29, 0.717) is 34.6 Å². The van der Waals surface area contributed by atoms with Gasteiger partial charge < -0.3 is 33.5 Å². The van der Waals surface area contributed by atoms with E-state index in [-0.39, 0.29) is 31.9 Å². The Morgan fingerprint density at radius 3 is 2.12 bits per heavy atom. The number of methoxy groups -OCH3 is 2. The van der Waals surface area contributed by atoms with Gasteiger partial charge in [-0.15, -0.1) is 0 Å². The summed E-state index contributed by atoms with van der Waals surface area (Å²) < 4.78 is 56.7. The van der Waals surface area contributed by atoms with Gasteiger partial charge in [-0.05, 0) is 72.7 Å². The molecule has 2 aliphatic heterocycles. The molecular formula is C52H61N4O10P. The van der Waals surface area contributed by atoms with Gasteiger partial charge in [0.05, 0.1) is 45.4 Å². The highest BCUT2D eigenvalue weighted by molar-refractivity contribution is 7.49. The van der Waals surface area contributed by atoms with E-state index in [2.05, 4.69) is 54.4 Å². The lowest BCUT2D eigenvalue weighted by Crippen LogP contribution is -2.38. The molecule has 4 aromatic carbocycles. The molecule has 5 aromatic rings. The number of ether oxygens (including phenoxy) is 4. The summed E-state index contributed by atoms with van der Waals surface area (Å²) in [5.41, 5.74) is 0.910. The quantitative estimate of drug-likeness (QED) is 0.0223. The van der Waals surface area contributed by atoms with Crippen LogP contribution in [0.25, 0.3) is 0 Å². The molecular weight excluding hydrogens is 872 g/mol. The number of nitrogens with zero attached hydrogens (tertiary/aromatic N) is 4. The molecule has 354 valence electrons. The summed E-state index contributed by atoms with van der Waals surface area (Å²) in [5, 5.41) is 11.6. The molecule has 7 rings (SSSR count). The summed E-state index contributed by atoms with van der Waals surface area (Å²) in [6.07, 6.45) is 0.719. The fourth-order valence-corrected chi connectivity index (χ4v) is 9.86. The third-order valence-corrected chi connectivity index (χ3v) is 13.0. The number of benzene rings is 4. The van der Waals surface area contributed by atoms with Gasteiger partial charge in [0, 0.05) is 37.7 Å². The van der Waals surface area contributed by atoms with Crippen molar-refractivity contribution in [1.29, 1.82) is 0 Å². The molecule has 1 saturated heterocycles. The lowest BCUT2D eigenvalue weighted by atomic mass is 9.80. The largest absolute Gasteiger partial charge is 0.530 e. The summed E-state index contributed by atoms with van der Waals surface area (Å²) in [7, 11) is -0.734. The van der Waals surface area contributed by atoms with Crippen LogP contribution in [0.15, 0.2) is 119 Å². The maximum atomic E-state index is 13.9. The molecule has 4 atom stereocenters. The third kappa shape index (κ3) is 11.7. The number of aliphatic imine (C=N–C) groups is 1. The Morgan fingerprint density at radius 1 is 0.910 bits per heavy atom. The molecule has 4 unspecified atom stereocenters. The minimum absolute atomic E-state index is 0.0522. The van der Waals surface area contributed by atoms with Crippen molar-refractivity contribution in [3.05, 3.63) is 148 Å². The minimum atomic E-state index is -3.97. The molecule has 1 aromatic heterocycles. The smallest absolute Gasteiger partial charge is 0.497 e. The molecule has 0 spiro atoms. The Labute approximate surface area is 393 Å². The number of fused-ring (bicyclic) bond motifs is 1. The van der Waals surface area contributed by atoms with Crippen molar-refractivity contribution in [2.24, 2.45) is 16.8 Å². The summed E-state index contributed by atoms with van der Waals surface area (Å²) in [6.45, 7) is 13.5. The van der Waals surface area contributed by atoms with Crippen LogP contribution < -0.4 is 19.7 Å². The molecule has 14 nitrogen and oxygen atoms in total. The fraction of sp³-hybridized carbons (Fsp3) is 0.404. The zero-order valence-electron chi connectivity index (χ0n) is 39.5. The van der Waals surface area contributed by atoms with Crippen molar-refractivity contribution in [3.63, 3.8) is 0 Å². The van der Waals surface area contributed by atoms with Crippen LogP contribution in [-0.2, 0) is 34.3 Å². The van der Waals surface area contributed by atoms with Gasteiger partial charge >= 0.3 is 13.5 Å². The number of aromatic nitrogens is 2. The van der Waals surface area contributed by atoms with Gasteiger partial charge in [0.15, 0.2) is 5.82 Å². The second kappa shape index (κ2) is 21.5. The highest BCUT2D eigenvalue weighted by Crippen LogP contribution is 2.60. The minimum Gasteiger partial charge on any atom is -0.497 e. The van der Waals surface area contributed by atoms with Gasteiger partial charge in [-0.3, -0.25) is 13.6 Å². The number of aliphatic hydroxyl groups excluding tert-OH is 1. The first-order valence-electron chi connectivity index (χ1n) is 22.6. The SMILES string of the molecule is COc1ccc(C(OCC2OC(n3cc(C#CCCOP4(=O)Oc5ccccc5C(C)(C)O4)c(N=CN(CC(C)C)CC(C)C)nc3=O)CC2O)(c2ccccc2)c2ccc(OC)cc2)cc1. The third-order valence-electron chi connectivity index (χ3n) is 11.4. The van der Waals surface area contributed by atoms with E-state index in [1.54, 1.807) is 38.9 Å². The summed E-state index contributed by atoms with van der Waals surface area (Å²) in [6, 6.07) is 32.4. The van der Waals surface area contributed by atoms with Crippen molar-refractivity contribution in [3.8, 4) is 29.1 Å². The Balaban J connectivity index is 1.16. The molecule has 15 heteroatoms. The first kappa shape index (κ1) is 49.1. The van der Waals surface area contributed by atoms with Crippen LogP contribution in [0.3, 0.4) is 0 Å². The molecule has 67 heavy (non-hydrogen) atoms. The number of phosphoric ester groups is 1. The average Bonchev–Trinajstić information content (AvgIpc) is 3.68. The van der Waals surface area contributed by atoms with Crippen LogP contribution >= 0.6 is 7.82 Å². The van der Waals surface area contributed by atoms with Crippen molar-refractivity contribution in [2.45, 2.75) is 84.0 Å². The Morgan fingerprint density at radius 2 is 1.51 bits per heavy atom. The van der Waals surface area contributed by atoms with E-state index in [0.717, 1.165) is 35.3 Å². The van der Waals surface area contributed by atoms with E-state index in [1.807, 2.05) is 105 Å². The maximum absolute atomic E-state index is 13.9. The summed E-state index contributed by atoms with van der Waals surface area (Å²) >= 11 is 0. The number of aliphatic hydroxyl groups is 1. The lowest BCUT2D eigenvalue weighted by molar-refractivity contribution is -0.0944. The Kier molecular flexibility index (Phi) is 15.7. The lowest BCUT2D eigenvalue weighted by Gasteiger charge is -2.37. The molecule has 0 saturated carbocycles. The molecule has 3 heterocycles. The molecule has 2 aliphatic rings. The first-order chi connectivity index (χ1) is 32.1. The van der Waals surface area contributed by atoms with Crippen molar-refractivity contribution in [1.82, 2.24) is 14.5 Å². The monoisotopic (exact) mass is 932 g/mol.